The molecule has 1 aliphatic heterocycles. The van der Waals surface area contributed by atoms with Crippen LogP contribution in [0.1, 0.15) is 20.3 Å². The molecular formula is C7H11ClO3. The molecule has 1 rings (SSSR count). The molecule has 0 bridgehead atoms. The smallest absolute Gasteiger partial charge is 0.357 e. The molecule has 1 fully saturated rings. The molecule has 0 spiro atoms. The van der Waals surface area contributed by atoms with E-state index < -0.39 is 11.0 Å². The first-order valence-corrected chi connectivity index (χ1v) is 4.06. The zero-order chi connectivity index (χ0) is 8.48. The molecule has 11 heavy (non-hydrogen) atoms. The van der Waals surface area contributed by atoms with Gasteiger partial charge in [0.15, 0.2) is 0 Å². The summed E-state index contributed by atoms with van der Waals surface area (Å²) in [5, 5.41) is -1.16. The van der Waals surface area contributed by atoms with E-state index in [-0.39, 0.29) is 6.10 Å². The Kier molecular flexibility index (Phi) is 2.40. The molecule has 3 nitrogen and oxygen atoms in total. The maximum Gasteiger partial charge on any atom is 0.357 e. The second-order valence-electron chi connectivity index (χ2n) is 2.38. The van der Waals surface area contributed by atoms with Crippen molar-refractivity contribution >= 4 is 17.6 Å². The standard InChI is InChI=1S/C7H11ClO3/c1-3-5-7(8,11-5)6(9)10-4-2/h5H,3-4H2,1-2H3/t5-,7-/m1/s1. The fraction of sp³-hybridized carbons (Fsp3) is 0.857. The van der Waals surface area contributed by atoms with Crippen molar-refractivity contribution in [2.45, 2.75) is 31.4 Å². The van der Waals surface area contributed by atoms with Gasteiger partial charge in [0.25, 0.3) is 5.06 Å². The van der Waals surface area contributed by atoms with Gasteiger partial charge in [-0.1, -0.05) is 18.5 Å². The number of epoxide rings is 1. The quantitative estimate of drug-likeness (QED) is 0.372. The predicted octanol–water partition coefficient (Wildman–Crippen LogP) is 1.29. The number of alkyl halides is 1. The molecule has 1 saturated heterocycles. The van der Waals surface area contributed by atoms with Crippen LogP contribution < -0.4 is 0 Å². The van der Waals surface area contributed by atoms with Crippen LogP contribution in [0.5, 0.6) is 0 Å². The summed E-state index contributed by atoms with van der Waals surface area (Å²) in [6.45, 7) is 3.99. The van der Waals surface area contributed by atoms with Crippen LogP contribution >= 0.6 is 11.6 Å². The van der Waals surface area contributed by atoms with Crippen LogP contribution in [0.4, 0.5) is 0 Å². The van der Waals surface area contributed by atoms with Crippen molar-refractivity contribution in [2.75, 3.05) is 6.61 Å². The number of esters is 1. The van der Waals surface area contributed by atoms with Crippen molar-refractivity contribution in [3.05, 3.63) is 0 Å². The van der Waals surface area contributed by atoms with E-state index in [1.54, 1.807) is 6.92 Å². The summed E-state index contributed by atoms with van der Waals surface area (Å²) in [6, 6.07) is 0. The highest BCUT2D eigenvalue weighted by atomic mass is 35.5. The van der Waals surface area contributed by atoms with Gasteiger partial charge in [-0.3, -0.25) is 0 Å². The van der Waals surface area contributed by atoms with E-state index in [9.17, 15) is 4.79 Å². The number of ether oxygens (including phenoxy) is 2. The molecule has 1 aliphatic rings. The van der Waals surface area contributed by atoms with E-state index in [4.69, 9.17) is 21.1 Å². The van der Waals surface area contributed by atoms with Gasteiger partial charge in [-0.05, 0) is 13.3 Å². The summed E-state index contributed by atoms with van der Waals surface area (Å²) in [5.74, 6) is -0.464. The lowest BCUT2D eigenvalue weighted by Crippen LogP contribution is -2.23. The van der Waals surface area contributed by atoms with E-state index in [0.717, 1.165) is 6.42 Å². The minimum absolute atomic E-state index is 0.164. The number of hydrogen-bond acceptors (Lipinski definition) is 3. The summed E-state index contributed by atoms with van der Waals surface area (Å²) in [4.78, 5) is 11.0. The molecule has 2 atom stereocenters. The first-order chi connectivity index (χ1) is 5.15. The van der Waals surface area contributed by atoms with Gasteiger partial charge in [-0.2, -0.15) is 0 Å². The first kappa shape index (κ1) is 8.81. The zero-order valence-electron chi connectivity index (χ0n) is 6.59. The third kappa shape index (κ3) is 1.49. The van der Waals surface area contributed by atoms with Crippen LogP contribution in [-0.2, 0) is 14.3 Å². The molecule has 0 amide bonds. The van der Waals surface area contributed by atoms with Gasteiger partial charge >= 0.3 is 5.97 Å². The molecular weight excluding hydrogens is 168 g/mol. The molecule has 0 aromatic heterocycles. The van der Waals surface area contributed by atoms with E-state index in [0.29, 0.717) is 6.61 Å². The fourth-order valence-corrected chi connectivity index (χ4v) is 1.24. The van der Waals surface area contributed by atoms with Gasteiger partial charge in [0.05, 0.1) is 6.61 Å². The Balaban J connectivity index is 2.42. The molecule has 4 heteroatoms. The molecule has 0 saturated carbocycles. The highest BCUT2D eigenvalue weighted by Gasteiger charge is 2.62. The highest BCUT2D eigenvalue weighted by molar-refractivity contribution is 6.35. The van der Waals surface area contributed by atoms with Crippen LogP contribution in [-0.4, -0.2) is 23.7 Å². The zero-order valence-corrected chi connectivity index (χ0v) is 7.35. The van der Waals surface area contributed by atoms with Crippen molar-refractivity contribution in [3.63, 3.8) is 0 Å². The molecule has 0 N–H and O–H groups in total. The molecule has 0 aromatic rings. The molecule has 0 aromatic carbocycles. The van der Waals surface area contributed by atoms with E-state index in [1.807, 2.05) is 6.92 Å². The van der Waals surface area contributed by atoms with Crippen LogP contribution in [0.3, 0.4) is 0 Å². The van der Waals surface area contributed by atoms with Gasteiger partial charge in [-0.25, -0.2) is 4.79 Å². The minimum atomic E-state index is -1.16. The van der Waals surface area contributed by atoms with Gasteiger partial charge in [0.1, 0.15) is 6.10 Å². The fourth-order valence-electron chi connectivity index (χ4n) is 0.928. The third-order valence-electron chi connectivity index (χ3n) is 1.60. The van der Waals surface area contributed by atoms with Gasteiger partial charge in [0.2, 0.25) is 0 Å². The van der Waals surface area contributed by atoms with Crippen LogP contribution in [0, 0.1) is 0 Å². The largest absolute Gasteiger partial charge is 0.463 e. The Labute approximate surface area is 70.6 Å². The SMILES string of the molecule is CCOC(=O)[C@]1(Cl)O[C@@H]1CC. The second-order valence-corrected chi connectivity index (χ2v) is 2.94. The summed E-state index contributed by atoms with van der Waals surface area (Å²) in [7, 11) is 0. The summed E-state index contributed by atoms with van der Waals surface area (Å²) in [5.41, 5.74) is 0. The average molecular weight is 179 g/mol. The van der Waals surface area contributed by atoms with Crippen LogP contribution in [0.2, 0.25) is 0 Å². The second kappa shape index (κ2) is 2.99. The number of rotatable bonds is 3. The van der Waals surface area contributed by atoms with E-state index >= 15 is 0 Å². The summed E-state index contributed by atoms with van der Waals surface area (Å²) >= 11 is 5.74. The van der Waals surface area contributed by atoms with Crippen molar-refractivity contribution < 1.29 is 14.3 Å². The topological polar surface area (TPSA) is 38.8 Å². The van der Waals surface area contributed by atoms with Crippen LogP contribution in [0.15, 0.2) is 0 Å². The normalized spacial score (nSPS) is 35.0. The molecule has 0 aliphatic carbocycles. The van der Waals surface area contributed by atoms with Gasteiger partial charge in [-0.15, -0.1) is 0 Å². The average Bonchev–Trinajstić information content (AvgIpc) is 2.64. The maximum absolute atomic E-state index is 11.0. The number of halogens is 1. The Morgan fingerprint density at radius 3 is 2.73 bits per heavy atom. The van der Waals surface area contributed by atoms with Crippen molar-refractivity contribution in [1.29, 1.82) is 0 Å². The van der Waals surface area contributed by atoms with Gasteiger partial charge in [0, 0.05) is 0 Å². The van der Waals surface area contributed by atoms with Crippen molar-refractivity contribution in [3.8, 4) is 0 Å². The van der Waals surface area contributed by atoms with Crippen molar-refractivity contribution in [2.24, 2.45) is 0 Å². The molecule has 0 unspecified atom stereocenters. The van der Waals surface area contributed by atoms with Gasteiger partial charge < -0.3 is 9.47 Å². The Morgan fingerprint density at radius 1 is 1.73 bits per heavy atom. The van der Waals surface area contributed by atoms with Crippen LogP contribution in [0.25, 0.3) is 0 Å². The number of hydrogen-bond donors (Lipinski definition) is 0. The highest BCUT2D eigenvalue weighted by Crippen LogP contribution is 2.43. The van der Waals surface area contributed by atoms with Crippen molar-refractivity contribution in [1.82, 2.24) is 0 Å². The monoisotopic (exact) mass is 178 g/mol. The predicted molar refractivity (Wildman–Crippen MR) is 40.4 cm³/mol. The lowest BCUT2D eigenvalue weighted by Gasteiger charge is -2.02. The minimum Gasteiger partial charge on any atom is -0.463 e. The van der Waals surface area contributed by atoms with E-state index in [2.05, 4.69) is 0 Å². The lowest BCUT2D eigenvalue weighted by atomic mass is 10.2. The Bertz CT molecular complexity index is 171. The summed E-state index contributed by atoms with van der Waals surface area (Å²) in [6.07, 6.45) is 0.575. The molecule has 0 radical (unpaired) electrons. The summed E-state index contributed by atoms with van der Waals surface area (Å²) < 4.78 is 9.66. The Morgan fingerprint density at radius 2 is 2.36 bits per heavy atom. The number of carbonyl (C=O) groups is 1. The number of carbonyl (C=O) groups excluding carboxylic acids is 1. The Hall–Kier alpha value is -0.280. The lowest BCUT2D eigenvalue weighted by molar-refractivity contribution is -0.146. The first-order valence-electron chi connectivity index (χ1n) is 3.69. The maximum atomic E-state index is 11.0. The molecule has 1 heterocycles. The van der Waals surface area contributed by atoms with E-state index in [1.165, 1.54) is 0 Å². The third-order valence-corrected chi connectivity index (χ3v) is 2.08. The molecule has 64 valence electrons.